The van der Waals surface area contributed by atoms with Crippen LogP contribution in [0.3, 0.4) is 0 Å². The second-order valence-electron chi connectivity index (χ2n) is 3.70. The third-order valence-corrected chi connectivity index (χ3v) is 2.29. The third kappa shape index (κ3) is 4.25. The normalized spacial score (nSPS) is 10.1. The number of methoxy groups -OCH3 is 1. The number of anilines is 1. The van der Waals surface area contributed by atoms with Gasteiger partial charge in [0.05, 0.1) is 19.3 Å². The molecule has 0 radical (unpaired) electrons. The topological polar surface area (TPSA) is 70.8 Å². The minimum atomic E-state index is -0.449. The van der Waals surface area contributed by atoms with E-state index in [-0.39, 0.29) is 6.61 Å². The molecule has 0 unspecified atom stereocenters. The molecule has 0 aliphatic carbocycles. The van der Waals surface area contributed by atoms with Gasteiger partial charge in [0, 0.05) is 18.4 Å². The van der Waals surface area contributed by atoms with Crippen LogP contribution < -0.4 is 10.5 Å². The lowest BCUT2D eigenvalue weighted by Crippen LogP contribution is -2.12. The first kappa shape index (κ1) is 14.3. The van der Waals surface area contributed by atoms with Crippen LogP contribution in [0.15, 0.2) is 18.2 Å². The van der Waals surface area contributed by atoms with Crippen molar-refractivity contribution in [3.8, 4) is 5.75 Å². The highest BCUT2D eigenvalue weighted by atomic mass is 16.6. The molecular formula is C13H19NO4. The molecule has 1 rings (SSSR count). The Labute approximate surface area is 107 Å². The second kappa shape index (κ2) is 7.55. The van der Waals surface area contributed by atoms with Crippen molar-refractivity contribution in [1.82, 2.24) is 0 Å². The van der Waals surface area contributed by atoms with Crippen LogP contribution in [-0.2, 0) is 9.47 Å². The predicted octanol–water partition coefficient (Wildman–Crippen LogP) is 1.86. The Hall–Kier alpha value is -1.75. The summed E-state index contributed by atoms with van der Waals surface area (Å²) in [5.41, 5.74) is 6.42. The summed E-state index contributed by atoms with van der Waals surface area (Å²) >= 11 is 0. The molecule has 0 amide bonds. The molecule has 0 saturated heterocycles. The Balaban J connectivity index is 2.46. The Morgan fingerprint density at radius 2 is 2.06 bits per heavy atom. The van der Waals surface area contributed by atoms with Gasteiger partial charge in [-0.25, -0.2) is 4.79 Å². The first-order valence-electron chi connectivity index (χ1n) is 5.87. The molecule has 5 nitrogen and oxygen atoms in total. The van der Waals surface area contributed by atoms with E-state index >= 15 is 0 Å². The molecule has 5 heteroatoms. The summed E-state index contributed by atoms with van der Waals surface area (Å²) in [4.78, 5) is 11.7. The van der Waals surface area contributed by atoms with Crippen molar-refractivity contribution in [2.24, 2.45) is 0 Å². The van der Waals surface area contributed by atoms with E-state index in [1.165, 1.54) is 7.11 Å². The summed E-state index contributed by atoms with van der Waals surface area (Å²) in [6.45, 7) is 3.31. The third-order valence-electron chi connectivity index (χ3n) is 2.29. The number of rotatable bonds is 7. The van der Waals surface area contributed by atoms with Crippen LogP contribution in [0.5, 0.6) is 5.75 Å². The summed E-state index contributed by atoms with van der Waals surface area (Å²) < 4.78 is 15.3. The zero-order valence-electron chi connectivity index (χ0n) is 10.8. The maximum atomic E-state index is 11.7. The van der Waals surface area contributed by atoms with Gasteiger partial charge in [-0.05, 0) is 18.6 Å². The van der Waals surface area contributed by atoms with Crippen molar-refractivity contribution in [3.05, 3.63) is 23.8 Å². The van der Waals surface area contributed by atoms with E-state index < -0.39 is 5.97 Å². The number of benzene rings is 1. The molecule has 0 bridgehead atoms. The van der Waals surface area contributed by atoms with E-state index in [2.05, 4.69) is 0 Å². The molecule has 0 heterocycles. The maximum Gasteiger partial charge on any atom is 0.340 e. The number of nitrogen functional groups attached to an aromatic ring is 1. The Morgan fingerprint density at radius 1 is 1.28 bits per heavy atom. The largest absolute Gasteiger partial charge is 0.497 e. The monoisotopic (exact) mass is 253 g/mol. The minimum Gasteiger partial charge on any atom is -0.497 e. The quantitative estimate of drug-likeness (QED) is 0.456. The minimum absolute atomic E-state index is 0.226. The fraction of sp³-hybridized carbons (Fsp3) is 0.462. The van der Waals surface area contributed by atoms with Crippen molar-refractivity contribution in [1.29, 1.82) is 0 Å². The highest BCUT2D eigenvalue weighted by Gasteiger charge is 2.11. The molecule has 0 aliphatic rings. The first-order chi connectivity index (χ1) is 8.69. The predicted molar refractivity (Wildman–Crippen MR) is 68.8 cm³/mol. The van der Waals surface area contributed by atoms with Crippen molar-refractivity contribution in [3.63, 3.8) is 0 Å². The van der Waals surface area contributed by atoms with Gasteiger partial charge in [0.2, 0.25) is 0 Å². The molecule has 0 aromatic heterocycles. The van der Waals surface area contributed by atoms with Gasteiger partial charge in [0.25, 0.3) is 0 Å². The Morgan fingerprint density at radius 3 is 2.67 bits per heavy atom. The summed E-state index contributed by atoms with van der Waals surface area (Å²) in [6, 6.07) is 4.84. The Bertz CT molecular complexity index is 393. The van der Waals surface area contributed by atoms with Crippen LogP contribution in [-0.4, -0.2) is 32.9 Å². The Kier molecular flexibility index (Phi) is 6.00. The zero-order chi connectivity index (χ0) is 13.4. The summed E-state index contributed by atoms with van der Waals surface area (Å²) in [5.74, 6) is 0.158. The lowest BCUT2D eigenvalue weighted by molar-refractivity contribution is 0.0319. The van der Waals surface area contributed by atoms with Gasteiger partial charge in [-0.2, -0.15) is 0 Å². The molecule has 100 valence electrons. The molecule has 0 fully saturated rings. The molecule has 0 aliphatic heterocycles. The maximum absolute atomic E-state index is 11.7. The lowest BCUT2D eigenvalue weighted by atomic mass is 10.2. The summed E-state index contributed by atoms with van der Waals surface area (Å²) in [7, 11) is 1.54. The van der Waals surface area contributed by atoms with Crippen LogP contribution in [0, 0.1) is 0 Å². The van der Waals surface area contributed by atoms with Crippen LogP contribution in [0.1, 0.15) is 23.7 Å². The number of hydrogen-bond donors (Lipinski definition) is 1. The van der Waals surface area contributed by atoms with E-state index in [4.69, 9.17) is 19.9 Å². The van der Waals surface area contributed by atoms with Gasteiger partial charge in [-0.1, -0.05) is 6.92 Å². The fourth-order valence-corrected chi connectivity index (χ4v) is 1.37. The molecule has 1 aromatic carbocycles. The summed E-state index contributed by atoms with van der Waals surface area (Å²) in [6.07, 6.45) is 0.944. The van der Waals surface area contributed by atoms with Crippen molar-refractivity contribution in [2.45, 2.75) is 13.3 Å². The zero-order valence-corrected chi connectivity index (χ0v) is 10.8. The number of nitrogens with two attached hydrogens (primary N) is 1. The van der Waals surface area contributed by atoms with Crippen LogP contribution >= 0.6 is 0 Å². The summed E-state index contributed by atoms with van der Waals surface area (Å²) in [5, 5.41) is 0. The van der Waals surface area contributed by atoms with Crippen LogP contribution in [0.2, 0.25) is 0 Å². The smallest absolute Gasteiger partial charge is 0.340 e. The van der Waals surface area contributed by atoms with Crippen LogP contribution in [0.4, 0.5) is 5.69 Å². The van der Waals surface area contributed by atoms with Gasteiger partial charge in [-0.3, -0.25) is 0 Å². The van der Waals surface area contributed by atoms with Crippen molar-refractivity contribution >= 4 is 11.7 Å². The van der Waals surface area contributed by atoms with E-state index in [1.54, 1.807) is 18.2 Å². The molecule has 0 saturated carbocycles. The first-order valence-corrected chi connectivity index (χ1v) is 5.87. The standard InChI is InChI=1S/C13H19NO4/c1-3-6-17-7-8-18-13(15)11-5-4-10(16-2)9-12(11)14/h4-5,9H,3,6-8,14H2,1-2H3. The van der Waals surface area contributed by atoms with E-state index in [0.29, 0.717) is 30.2 Å². The van der Waals surface area contributed by atoms with Gasteiger partial charge < -0.3 is 19.9 Å². The van der Waals surface area contributed by atoms with Gasteiger partial charge in [0.15, 0.2) is 0 Å². The number of carbonyl (C=O) groups is 1. The van der Waals surface area contributed by atoms with E-state index in [0.717, 1.165) is 6.42 Å². The molecular weight excluding hydrogens is 234 g/mol. The SMILES string of the molecule is CCCOCCOC(=O)c1ccc(OC)cc1N. The molecule has 18 heavy (non-hydrogen) atoms. The second-order valence-corrected chi connectivity index (χ2v) is 3.70. The molecule has 2 N–H and O–H groups in total. The molecule has 1 aromatic rings. The van der Waals surface area contributed by atoms with Gasteiger partial charge in [0.1, 0.15) is 12.4 Å². The number of esters is 1. The average Bonchev–Trinajstić information content (AvgIpc) is 2.38. The number of carbonyl (C=O) groups excluding carboxylic acids is 1. The van der Waals surface area contributed by atoms with Gasteiger partial charge in [-0.15, -0.1) is 0 Å². The fourth-order valence-electron chi connectivity index (χ4n) is 1.37. The van der Waals surface area contributed by atoms with Gasteiger partial charge >= 0.3 is 5.97 Å². The lowest BCUT2D eigenvalue weighted by Gasteiger charge is -2.08. The highest BCUT2D eigenvalue weighted by Crippen LogP contribution is 2.20. The highest BCUT2D eigenvalue weighted by molar-refractivity contribution is 5.95. The number of hydrogen-bond acceptors (Lipinski definition) is 5. The van der Waals surface area contributed by atoms with Crippen molar-refractivity contribution < 1.29 is 19.0 Å². The van der Waals surface area contributed by atoms with E-state index in [1.807, 2.05) is 6.92 Å². The molecule has 0 spiro atoms. The number of ether oxygens (including phenoxy) is 3. The van der Waals surface area contributed by atoms with Crippen LogP contribution in [0.25, 0.3) is 0 Å². The average molecular weight is 253 g/mol. The molecule has 0 atom stereocenters. The van der Waals surface area contributed by atoms with Crippen molar-refractivity contribution in [2.75, 3.05) is 32.7 Å². The van der Waals surface area contributed by atoms with E-state index in [9.17, 15) is 4.79 Å².